The molecule has 0 atom stereocenters. The van der Waals surface area contributed by atoms with Crippen molar-refractivity contribution in [2.24, 2.45) is 0 Å². The average Bonchev–Trinajstić information content (AvgIpc) is 2.74. The lowest BCUT2D eigenvalue weighted by Crippen LogP contribution is -2.03. The minimum Gasteiger partial charge on any atom is -0.381 e. The van der Waals surface area contributed by atoms with E-state index in [1.165, 1.54) is 12.1 Å². The summed E-state index contributed by atoms with van der Waals surface area (Å²) < 4.78 is 27.8. The van der Waals surface area contributed by atoms with Crippen LogP contribution in [0, 0.1) is 18.6 Å². The molecule has 4 nitrogen and oxygen atoms in total. The van der Waals surface area contributed by atoms with Gasteiger partial charge in [-0.15, -0.1) is 0 Å². The van der Waals surface area contributed by atoms with Gasteiger partial charge < -0.3 is 5.32 Å². The van der Waals surface area contributed by atoms with Gasteiger partial charge in [0.05, 0.1) is 5.69 Å². The molecule has 0 radical (unpaired) electrons. The molecule has 0 spiro atoms. The van der Waals surface area contributed by atoms with Gasteiger partial charge in [-0.2, -0.15) is 5.10 Å². The Morgan fingerprint density at radius 1 is 1.15 bits per heavy atom. The number of hydrogen-bond acceptors (Lipinski definition) is 3. The molecule has 1 N–H and O–H groups in total. The Kier molecular flexibility index (Phi) is 3.06. The molecule has 1 aromatic carbocycles. The molecule has 0 fully saturated rings. The van der Waals surface area contributed by atoms with Crippen molar-refractivity contribution >= 4 is 11.3 Å². The molecule has 3 rings (SSSR count). The van der Waals surface area contributed by atoms with Gasteiger partial charge in [-0.1, -0.05) is 0 Å². The van der Waals surface area contributed by atoms with Crippen molar-refractivity contribution in [3.8, 4) is 0 Å². The number of benzene rings is 1. The van der Waals surface area contributed by atoms with Gasteiger partial charge in [0, 0.05) is 42.3 Å². The van der Waals surface area contributed by atoms with Crippen LogP contribution in [0.1, 0.15) is 11.3 Å². The van der Waals surface area contributed by atoms with Crippen LogP contribution >= 0.6 is 0 Å². The Morgan fingerprint density at radius 3 is 2.65 bits per heavy atom. The third kappa shape index (κ3) is 2.59. The summed E-state index contributed by atoms with van der Waals surface area (Å²) in [5.41, 5.74) is 2.90. The third-order valence-corrected chi connectivity index (χ3v) is 2.85. The lowest BCUT2D eigenvalue weighted by molar-refractivity contribution is 0.584. The Morgan fingerprint density at radius 2 is 1.90 bits per heavy atom. The molecule has 2 heterocycles. The molecule has 20 heavy (non-hydrogen) atoms. The lowest BCUT2D eigenvalue weighted by Gasteiger charge is -2.07. The van der Waals surface area contributed by atoms with Crippen molar-refractivity contribution in [3.05, 3.63) is 59.6 Å². The van der Waals surface area contributed by atoms with Crippen LogP contribution in [0.4, 0.5) is 14.5 Å². The van der Waals surface area contributed by atoms with Crippen molar-refractivity contribution < 1.29 is 8.78 Å². The highest BCUT2D eigenvalue weighted by Crippen LogP contribution is 2.14. The van der Waals surface area contributed by atoms with Crippen molar-refractivity contribution in [3.63, 3.8) is 0 Å². The van der Waals surface area contributed by atoms with Crippen molar-refractivity contribution in [1.82, 2.24) is 14.6 Å². The van der Waals surface area contributed by atoms with E-state index in [0.717, 1.165) is 23.0 Å². The first kappa shape index (κ1) is 12.5. The Bertz CT molecular complexity index is 747. The number of halogens is 2. The number of aromatic nitrogens is 3. The van der Waals surface area contributed by atoms with Gasteiger partial charge in [0.1, 0.15) is 11.6 Å². The summed E-state index contributed by atoms with van der Waals surface area (Å²) in [6.07, 6.45) is 3.54. The fraction of sp³-hybridized carbons (Fsp3) is 0.143. The zero-order chi connectivity index (χ0) is 14.1. The van der Waals surface area contributed by atoms with Gasteiger partial charge in [0.15, 0.2) is 5.65 Å². The molecule has 3 aromatic rings. The average molecular weight is 274 g/mol. The highest BCUT2D eigenvalue weighted by Gasteiger charge is 2.03. The maximum Gasteiger partial charge on any atom is 0.155 e. The second kappa shape index (κ2) is 4.88. The van der Waals surface area contributed by atoms with E-state index in [9.17, 15) is 8.78 Å². The smallest absolute Gasteiger partial charge is 0.155 e. The summed E-state index contributed by atoms with van der Waals surface area (Å²) in [6.45, 7) is 2.30. The Labute approximate surface area is 114 Å². The van der Waals surface area contributed by atoms with Gasteiger partial charge in [-0.3, -0.25) is 0 Å². The SMILES string of the molecule is Cc1cc2ncc(CNc3cc(F)cc(F)c3)cn2n1. The van der Waals surface area contributed by atoms with Crippen LogP contribution in [0.2, 0.25) is 0 Å². The molecule has 0 aliphatic heterocycles. The molecule has 0 saturated heterocycles. The standard InChI is InChI=1S/C14H12F2N4/c1-9-2-14-18-7-10(8-20(14)19-9)6-17-13-4-11(15)3-12(16)5-13/h2-5,7-8,17H,6H2,1H3. The predicted molar refractivity (Wildman–Crippen MR) is 71.4 cm³/mol. The second-order valence-electron chi connectivity index (χ2n) is 4.56. The van der Waals surface area contributed by atoms with Crippen molar-refractivity contribution in [2.75, 3.05) is 5.32 Å². The van der Waals surface area contributed by atoms with Crippen LogP contribution in [-0.2, 0) is 6.54 Å². The van der Waals surface area contributed by atoms with Gasteiger partial charge in [0.2, 0.25) is 0 Å². The first-order valence-electron chi connectivity index (χ1n) is 6.11. The van der Waals surface area contributed by atoms with E-state index in [2.05, 4.69) is 15.4 Å². The van der Waals surface area contributed by atoms with Crippen LogP contribution in [-0.4, -0.2) is 14.6 Å². The summed E-state index contributed by atoms with van der Waals surface area (Å²) in [5, 5.41) is 7.22. The molecule has 0 unspecified atom stereocenters. The first-order valence-corrected chi connectivity index (χ1v) is 6.11. The quantitative estimate of drug-likeness (QED) is 0.798. The summed E-state index contributed by atoms with van der Waals surface area (Å²) in [5.74, 6) is -1.22. The van der Waals surface area contributed by atoms with Crippen LogP contribution < -0.4 is 5.32 Å². The molecule has 0 aliphatic carbocycles. The van der Waals surface area contributed by atoms with E-state index in [4.69, 9.17) is 0 Å². The molecule has 0 amide bonds. The summed E-state index contributed by atoms with van der Waals surface area (Å²) >= 11 is 0. The molecular formula is C14H12F2N4. The number of nitrogens with one attached hydrogen (secondary N) is 1. The van der Waals surface area contributed by atoms with Crippen LogP contribution in [0.15, 0.2) is 36.7 Å². The zero-order valence-corrected chi connectivity index (χ0v) is 10.8. The van der Waals surface area contributed by atoms with Gasteiger partial charge >= 0.3 is 0 Å². The van der Waals surface area contributed by atoms with Gasteiger partial charge in [-0.05, 0) is 19.1 Å². The number of aryl methyl sites for hydroxylation is 1. The van der Waals surface area contributed by atoms with E-state index in [1.54, 1.807) is 10.7 Å². The molecule has 0 saturated carbocycles. The lowest BCUT2D eigenvalue weighted by atomic mass is 10.2. The Balaban J connectivity index is 1.79. The number of anilines is 1. The highest BCUT2D eigenvalue weighted by atomic mass is 19.1. The van der Waals surface area contributed by atoms with Crippen LogP contribution in [0.5, 0.6) is 0 Å². The topological polar surface area (TPSA) is 42.2 Å². The number of fused-ring (bicyclic) bond motifs is 1. The maximum absolute atomic E-state index is 13.1. The first-order chi connectivity index (χ1) is 9.60. The maximum atomic E-state index is 13.1. The molecule has 0 aliphatic rings. The minimum absolute atomic E-state index is 0.388. The molecule has 0 bridgehead atoms. The molecule has 6 heteroatoms. The highest BCUT2D eigenvalue weighted by molar-refractivity contribution is 5.45. The molecule has 102 valence electrons. The number of hydrogen-bond donors (Lipinski definition) is 1. The van der Waals surface area contributed by atoms with Crippen LogP contribution in [0.3, 0.4) is 0 Å². The fourth-order valence-corrected chi connectivity index (χ4v) is 1.99. The summed E-state index contributed by atoms with van der Waals surface area (Å²) in [6, 6.07) is 5.20. The number of rotatable bonds is 3. The van der Waals surface area contributed by atoms with E-state index in [1.807, 2.05) is 19.2 Å². The second-order valence-corrected chi connectivity index (χ2v) is 4.56. The molecule has 2 aromatic heterocycles. The van der Waals surface area contributed by atoms with E-state index in [-0.39, 0.29) is 0 Å². The largest absolute Gasteiger partial charge is 0.381 e. The predicted octanol–water partition coefficient (Wildman–Crippen LogP) is 2.93. The van der Waals surface area contributed by atoms with Crippen LogP contribution in [0.25, 0.3) is 5.65 Å². The van der Waals surface area contributed by atoms with Crippen molar-refractivity contribution in [1.29, 1.82) is 0 Å². The molecular weight excluding hydrogens is 262 g/mol. The monoisotopic (exact) mass is 274 g/mol. The fourth-order valence-electron chi connectivity index (χ4n) is 1.99. The third-order valence-electron chi connectivity index (χ3n) is 2.85. The summed E-state index contributed by atoms with van der Waals surface area (Å²) in [7, 11) is 0. The van der Waals surface area contributed by atoms with Crippen molar-refractivity contribution in [2.45, 2.75) is 13.5 Å². The van der Waals surface area contributed by atoms with E-state index in [0.29, 0.717) is 12.2 Å². The van der Waals surface area contributed by atoms with Gasteiger partial charge in [-0.25, -0.2) is 18.3 Å². The number of nitrogens with zero attached hydrogens (tertiary/aromatic N) is 3. The normalized spacial score (nSPS) is 10.9. The Hall–Kier alpha value is -2.50. The minimum atomic E-state index is -0.608. The zero-order valence-electron chi connectivity index (χ0n) is 10.8. The van der Waals surface area contributed by atoms with Gasteiger partial charge in [0.25, 0.3) is 0 Å². The van der Waals surface area contributed by atoms with E-state index >= 15 is 0 Å². The summed E-state index contributed by atoms with van der Waals surface area (Å²) in [4.78, 5) is 4.26. The van der Waals surface area contributed by atoms with E-state index < -0.39 is 11.6 Å².